The molecule has 1 aliphatic carbocycles. The molecule has 0 saturated carbocycles. The molecular formula is C49H29N3. The molecule has 3 heterocycles. The van der Waals surface area contributed by atoms with Crippen LogP contribution in [-0.4, -0.2) is 15.0 Å². The van der Waals surface area contributed by atoms with Crippen LogP contribution in [0.3, 0.4) is 0 Å². The lowest BCUT2D eigenvalue weighted by atomic mass is 9.96. The topological polar surface area (TPSA) is 38.7 Å². The van der Waals surface area contributed by atoms with E-state index in [0.717, 1.165) is 66.4 Å². The molecule has 3 nitrogen and oxygen atoms in total. The van der Waals surface area contributed by atoms with Crippen LogP contribution in [0, 0.1) is 0 Å². The maximum Gasteiger partial charge on any atom is 0.0972 e. The van der Waals surface area contributed by atoms with Crippen LogP contribution in [0.2, 0.25) is 0 Å². The van der Waals surface area contributed by atoms with Gasteiger partial charge >= 0.3 is 0 Å². The van der Waals surface area contributed by atoms with Crippen LogP contribution in [0.4, 0.5) is 0 Å². The predicted octanol–water partition coefficient (Wildman–Crippen LogP) is 12.8. The van der Waals surface area contributed by atoms with E-state index in [0.29, 0.717) is 0 Å². The van der Waals surface area contributed by atoms with E-state index in [1.807, 2.05) is 12.3 Å². The van der Waals surface area contributed by atoms with Gasteiger partial charge in [0.15, 0.2) is 0 Å². The van der Waals surface area contributed by atoms with Gasteiger partial charge in [-0.3, -0.25) is 4.98 Å². The van der Waals surface area contributed by atoms with Crippen molar-refractivity contribution in [3.63, 3.8) is 0 Å². The van der Waals surface area contributed by atoms with Crippen LogP contribution in [0.15, 0.2) is 176 Å². The van der Waals surface area contributed by atoms with Crippen LogP contribution < -0.4 is 0 Å². The quantitative estimate of drug-likeness (QED) is 0.177. The third-order valence-electron chi connectivity index (χ3n) is 10.6. The molecule has 0 saturated heterocycles. The summed E-state index contributed by atoms with van der Waals surface area (Å²) < 4.78 is 0. The molecule has 11 rings (SSSR count). The lowest BCUT2D eigenvalue weighted by Gasteiger charge is -2.11. The monoisotopic (exact) mass is 659 g/mol. The highest BCUT2D eigenvalue weighted by molar-refractivity contribution is 6.15. The minimum absolute atomic E-state index is 0.903. The van der Waals surface area contributed by atoms with Gasteiger partial charge in [-0.2, -0.15) is 0 Å². The van der Waals surface area contributed by atoms with Crippen molar-refractivity contribution in [2.75, 3.05) is 0 Å². The Labute approximate surface area is 300 Å². The molecule has 240 valence electrons. The van der Waals surface area contributed by atoms with E-state index in [9.17, 15) is 0 Å². The summed E-state index contributed by atoms with van der Waals surface area (Å²) in [4.78, 5) is 15.1. The Morgan fingerprint density at radius 3 is 1.65 bits per heavy atom. The number of fused-ring (bicyclic) bond motifs is 7. The minimum Gasteiger partial charge on any atom is -0.256 e. The fraction of sp³-hybridized carbons (Fsp3) is 0. The van der Waals surface area contributed by atoms with Gasteiger partial charge in [-0.25, -0.2) is 9.97 Å². The Morgan fingerprint density at radius 2 is 0.904 bits per heavy atom. The zero-order chi connectivity index (χ0) is 34.2. The molecule has 3 heteroatoms. The number of benzene rings is 7. The summed E-state index contributed by atoms with van der Waals surface area (Å²) in [5.41, 5.74) is 16.7. The predicted molar refractivity (Wildman–Crippen MR) is 216 cm³/mol. The number of hydrogen-bond acceptors (Lipinski definition) is 3. The normalized spacial score (nSPS) is 11.8. The fourth-order valence-electron chi connectivity index (χ4n) is 8.12. The van der Waals surface area contributed by atoms with Crippen molar-refractivity contribution in [2.24, 2.45) is 0 Å². The second kappa shape index (κ2) is 11.3. The second-order valence-electron chi connectivity index (χ2n) is 13.6. The zero-order valence-corrected chi connectivity index (χ0v) is 28.1. The first-order chi connectivity index (χ1) is 25.7. The molecule has 0 aliphatic heterocycles. The van der Waals surface area contributed by atoms with Gasteiger partial charge in [-0.15, -0.1) is 0 Å². The summed E-state index contributed by atoms with van der Waals surface area (Å²) in [5.74, 6) is 0. The molecule has 0 amide bonds. The average Bonchev–Trinajstić information content (AvgIpc) is 3.54. The Hall–Kier alpha value is -6.97. The first kappa shape index (κ1) is 28.8. The van der Waals surface area contributed by atoms with Crippen LogP contribution in [0.1, 0.15) is 0 Å². The number of rotatable bonds is 4. The van der Waals surface area contributed by atoms with Crippen molar-refractivity contribution < 1.29 is 0 Å². The first-order valence-corrected chi connectivity index (χ1v) is 17.7. The highest BCUT2D eigenvalue weighted by Gasteiger charge is 2.21. The van der Waals surface area contributed by atoms with Gasteiger partial charge in [0, 0.05) is 33.5 Å². The van der Waals surface area contributed by atoms with Crippen LogP contribution >= 0.6 is 0 Å². The summed E-state index contributed by atoms with van der Waals surface area (Å²) in [6.45, 7) is 0. The lowest BCUT2D eigenvalue weighted by Crippen LogP contribution is -1.92. The summed E-state index contributed by atoms with van der Waals surface area (Å²) in [5, 5.41) is 5.92. The van der Waals surface area contributed by atoms with Gasteiger partial charge in [0.25, 0.3) is 0 Å². The summed E-state index contributed by atoms with van der Waals surface area (Å²) in [7, 11) is 0. The highest BCUT2D eigenvalue weighted by atomic mass is 14.8. The standard InChI is InChI=1S/C49H29N3/c1-9-33(34-20-23-39-41-14-3-7-30-8-4-15-42(47(30)41)43(39)29-34)27-36(11-1)44-24-21-31-18-19-32-22-25-45(52-49(32)48(31)51-44)37-12-2-10-35(28-37)38-13-5-17-46-40(38)16-6-26-50-46/h1-29H. The van der Waals surface area contributed by atoms with E-state index in [1.54, 1.807) is 0 Å². The third-order valence-corrected chi connectivity index (χ3v) is 10.6. The molecule has 1 aliphatic rings. The van der Waals surface area contributed by atoms with Crippen molar-refractivity contribution in [2.45, 2.75) is 0 Å². The summed E-state index contributed by atoms with van der Waals surface area (Å²) in [6.07, 6.45) is 1.84. The SMILES string of the molecule is c1cc(-c2ccc3c(c2)-c2cccc4cccc-3c24)cc(-c2ccc3ccc4ccc(-c5cccc(-c6cccc7ncccc67)c5)nc4c3n2)c1. The molecular weight excluding hydrogens is 631 g/mol. The Morgan fingerprint density at radius 1 is 0.327 bits per heavy atom. The van der Waals surface area contributed by atoms with Gasteiger partial charge in [0.05, 0.1) is 27.9 Å². The molecule has 3 aromatic heterocycles. The molecule has 0 N–H and O–H groups in total. The minimum atomic E-state index is 0.903. The van der Waals surface area contributed by atoms with Gasteiger partial charge in [0.2, 0.25) is 0 Å². The molecule has 52 heavy (non-hydrogen) atoms. The fourth-order valence-corrected chi connectivity index (χ4v) is 8.12. The van der Waals surface area contributed by atoms with Gasteiger partial charge < -0.3 is 0 Å². The Balaban J connectivity index is 0.985. The number of nitrogens with zero attached hydrogens (tertiary/aromatic N) is 3. The smallest absolute Gasteiger partial charge is 0.0972 e. The maximum atomic E-state index is 5.28. The van der Waals surface area contributed by atoms with Gasteiger partial charge in [-0.1, -0.05) is 127 Å². The van der Waals surface area contributed by atoms with Crippen molar-refractivity contribution in [3.8, 4) is 67.0 Å². The summed E-state index contributed by atoms with van der Waals surface area (Å²) in [6, 6.07) is 60.8. The summed E-state index contributed by atoms with van der Waals surface area (Å²) >= 11 is 0. The molecule has 0 atom stereocenters. The Bertz CT molecular complexity index is 3080. The molecule has 0 fully saturated rings. The average molecular weight is 660 g/mol. The van der Waals surface area contributed by atoms with Crippen LogP contribution in [-0.2, 0) is 0 Å². The van der Waals surface area contributed by atoms with Crippen LogP contribution in [0.25, 0.3) is 111 Å². The van der Waals surface area contributed by atoms with Crippen molar-refractivity contribution >= 4 is 43.5 Å². The molecule has 0 bridgehead atoms. The van der Waals surface area contributed by atoms with Crippen molar-refractivity contribution in [1.29, 1.82) is 0 Å². The Kier molecular flexibility index (Phi) is 6.25. The molecule has 0 spiro atoms. The van der Waals surface area contributed by atoms with Crippen molar-refractivity contribution in [3.05, 3.63) is 176 Å². The number of aromatic nitrogens is 3. The zero-order valence-electron chi connectivity index (χ0n) is 28.1. The van der Waals surface area contributed by atoms with E-state index in [4.69, 9.17) is 9.97 Å². The second-order valence-corrected chi connectivity index (χ2v) is 13.6. The van der Waals surface area contributed by atoms with E-state index in [2.05, 4.69) is 169 Å². The highest BCUT2D eigenvalue weighted by Crippen LogP contribution is 2.48. The van der Waals surface area contributed by atoms with E-state index >= 15 is 0 Å². The van der Waals surface area contributed by atoms with Crippen LogP contribution in [0.5, 0.6) is 0 Å². The van der Waals surface area contributed by atoms with Crippen molar-refractivity contribution in [1.82, 2.24) is 15.0 Å². The third kappa shape index (κ3) is 4.50. The maximum absolute atomic E-state index is 5.28. The first-order valence-electron chi connectivity index (χ1n) is 17.7. The largest absolute Gasteiger partial charge is 0.256 e. The van der Waals surface area contributed by atoms with Gasteiger partial charge in [-0.05, 0) is 97.7 Å². The van der Waals surface area contributed by atoms with E-state index < -0.39 is 0 Å². The number of pyridine rings is 3. The van der Waals surface area contributed by atoms with E-state index in [1.165, 1.54) is 44.2 Å². The number of hydrogen-bond donors (Lipinski definition) is 0. The van der Waals surface area contributed by atoms with Gasteiger partial charge in [0.1, 0.15) is 0 Å². The molecule has 0 unspecified atom stereocenters. The lowest BCUT2D eigenvalue weighted by molar-refractivity contribution is 1.36. The molecule has 7 aromatic carbocycles. The molecule has 0 radical (unpaired) electrons. The van der Waals surface area contributed by atoms with E-state index in [-0.39, 0.29) is 0 Å². The molecule has 10 aromatic rings.